The lowest BCUT2D eigenvalue weighted by atomic mass is 9.81. The Morgan fingerprint density at radius 3 is 1.75 bits per heavy atom. The van der Waals surface area contributed by atoms with Gasteiger partial charge in [-0.2, -0.15) is 0 Å². The van der Waals surface area contributed by atoms with Crippen molar-refractivity contribution >= 4 is 21.9 Å². The summed E-state index contributed by atoms with van der Waals surface area (Å²) in [4.78, 5) is 0. The third-order valence-corrected chi connectivity index (χ3v) is 13.2. The smallest absolute Gasteiger partial charge is 0.136 e. The van der Waals surface area contributed by atoms with E-state index in [0.717, 1.165) is 107 Å². The molecular weight excluding hydrogens is 779 g/mol. The second-order valence-corrected chi connectivity index (χ2v) is 16.7. The number of hydrogen-bond donors (Lipinski definition) is 0. The van der Waals surface area contributed by atoms with Crippen molar-refractivity contribution in [3.8, 4) is 89.3 Å². The van der Waals surface area contributed by atoms with Crippen LogP contribution in [0.4, 0.5) is 0 Å². The summed E-state index contributed by atoms with van der Waals surface area (Å²) in [7, 11) is 0. The summed E-state index contributed by atoms with van der Waals surface area (Å²) in [6.45, 7) is 4.50. The first-order valence-corrected chi connectivity index (χ1v) is 21.9. The van der Waals surface area contributed by atoms with Crippen LogP contribution in [-0.4, -0.2) is 15.4 Å². The average Bonchev–Trinajstić information content (AvgIpc) is 3.93. The van der Waals surface area contributed by atoms with Gasteiger partial charge in [0.1, 0.15) is 22.6 Å². The zero-order chi connectivity index (χ0) is 42.7. The van der Waals surface area contributed by atoms with Crippen LogP contribution in [0.2, 0.25) is 0 Å². The van der Waals surface area contributed by atoms with Gasteiger partial charge in [-0.3, -0.25) is 0 Å². The number of aromatic nitrogens is 3. The number of rotatable bonds is 7. The topological polar surface area (TPSA) is 51.8 Å². The molecule has 302 valence electrons. The van der Waals surface area contributed by atoms with Gasteiger partial charge >= 0.3 is 0 Å². The van der Waals surface area contributed by atoms with Gasteiger partial charge < -0.3 is 4.42 Å². The highest BCUT2D eigenvalue weighted by Gasteiger charge is 2.32. The van der Waals surface area contributed by atoms with Crippen LogP contribution < -0.4 is 0 Å². The first-order chi connectivity index (χ1) is 31.6. The quantitative estimate of drug-likeness (QED) is 0.161. The van der Waals surface area contributed by atoms with Crippen molar-refractivity contribution in [3.63, 3.8) is 0 Å². The highest BCUT2D eigenvalue weighted by atomic mass is 16.3. The van der Waals surface area contributed by atoms with Gasteiger partial charge in [0.25, 0.3) is 0 Å². The van der Waals surface area contributed by atoms with Gasteiger partial charge in [0, 0.05) is 27.5 Å². The lowest BCUT2D eigenvalue weighted by Gasteiger charge is -2.23. The van der Waals surface area contributed by atoms with Gasteiger partial charge in [0.2, 0.25) is 0 Å². The van der Waals surface area contributed by atoms with Crippen molar-refractivity contribution in [2.24, 2.45) is 0 Å². The maximum Gasteiger partial charge on any atom is 0.136 e. The molecule has 2 aromatic heterocycles. The fourth-order valence-corrected chi connectivity index (χ4v) is 10.2. The van der Waals surface area contributed by atoms with E-state index in [1.165, 1.54) is 33.4 Å². The van der Waals surface area contributed by atoms with E-state index in [0.29, 0.717) is 0 Å². The molecule has 0 amide bonds. The highest BCUT2D eigenvalue weighted by molar-refractivity contribution is 6.18. The number of aryl methyl sites for hydroxylation is 1. The summed E-state index contributed by atoms with van der Waals surface area (Å²) >= 11 is 0. The molecule has 0 radical (unpaired) electrons. The summed E-state index contributed by atoms with van der Waals surface area (Å²) in [6, 6.07) is 71.2. The van der Waals surface area contributed by atoms with E-state index in [-0.39, 0.29) is 0 Å². The molecule has 4 heteroatoms. The summed E-state index contributed by atoms with van der Waals surface area (Å²) in [5, 5.41) is 17.2. The van der Waals surface area contributed by atoms with Gasteiger partial charge in [0.15, 0.2) is 0 Å². The normalized spacial score (nSPS) is 11.8. The van der Waals surface area contributed by atoms with Gasteiger partial charge in [0.05, 0.1) is 0 Å². The Morgan fingerprint density at radius 1 is 0.391 bits per heavy atom. The van der Waals surface area contributed by atoms with E-state index in [4.69, 9.17) is 19.8 Å². The lowest BCUT2D eigenvalue weighted by molar-refractivity contribution is 0.669. The molecular formula is C60H41N3O. The predicted octanol–water partition coefficient (Wildman–Crippen LogP) is 15.6. The fraction of sp³-hybridized carbons (Fsp3) is 0.0500. The highest BCUT2D eigenvalue weighted by Crippen LogP contribution is 2.53. The van der Waals surface area contributed by atoms with Gasteiger partial charge in [-0.15, -0.1) is 10.2 Å². The second kappa shape index (κ2) is 15.3. The van der Waals surface area contributed by atoms with Crippen molar-refractivity contribution < 1.29 is 4.42 Å². The van der Waals surface area contributed by atoms with Crippen LogP contribution in [0.1, 0.15) is 22.3 Å². The second-order valence-electron chi connectivity index (χ2n) is 16.7. The maximum absolute atomic E-state index is 6.65. The first kappa shape index (κ1) is 37.5. The fourth-order valence-electron chi connectivity index (χ4n) is 10.2. The van der Waals surface area contributed by atoms with Crippen LogP contribution in [0.5, 0.6) is 0 Å². The number of nitrogens with zero attached hydrogens (tertiary/aromatic N) is 3. The minimum absolute atomic E-state index is 0.766. The third kappa shape index (κ3) is 6.02. The molecule has 0 fully saturated rings. The Hall–Kier alpha value is -8.21. The van der Waals surface area contributed by atoms with Crippen molar-refractivity contribution in [1.29, 1.82) is 0 Å². The first-order valence-electron chi connectivity index (χ1n) is 21.9. The Morgan fingerprint density at radius 2 is 0.984 bits per heavy atom. The minimum Gasteiger partial charge on any atom is -0.456 e. The Balaban J connectivity index is 1.25. The third-order valence-electron chi connectivity index (χ3n) is 13.2. The number of furan rings is 1. The molecule has 1 aliphatic carbocycles. The summed E-state index contributed by atoms with van der Waals surface area (Å²) in [5.74, 6) is 0. The van der Waals surface area contributed by atoms with E-state index in [9.17, 15) is 0 Å². The average molecular weight is 820 g/mol. The van der Waals surface area contributed by atoms with Crippen molar-refractivity contribution in [3.05, 3.63) is 222 Å². The zero-order valence-corrected chi connectivity index (χ0v) is 35.5. The Labute approximate surface area is 372 Å². The molecule has 0 atom stereocenters. The molecule has 11 aromatic rings. The van der Waals surface area contributed by atoms with Crippen molar-refractivity contribution in [1.82, 2.24) is 15.4 Å². The van der Waals surface area contributed by atoms with Crippen LogP contribution in [0.25, 0.3) is 111 Å². The van der Waals surface area contributed by atoms with E-state index >= 15 is 0 Å². The van der Waals surface area contributed by atoms with Gasteiger partial charge in [-0.25, -0.2) is 0 Å². The molecule has 0 saturated carbocycles. The van der Waals surface area contributed by atoms with Gasteiger partial charge in [-0.05, 0) is 127 Å². The van der Waals surface area contributed by atoms with Crippen LogP contribution in [0.3, 0.4) is 0 Å². The Kier molecular flexibility index (Phi) is 8.98. The largest absolute Gasteiger partial charge is 0.456 e. The van der Waals surface area contributed by atoms with Gasteiger partial charge in [-0.1, -0.05) is 182 Å². The molecule has 0 unspecified atom stereocenters. The molecule has 0 saturated heterocycles. The van der Waals surface area contributed by atoms with E-state index in [1.807, 2.05) is 12.1 Å². The molecule has 9 aromatic carbocycles. The van der Waals surface area contributed by atoms with Crippen LogP contribution >= 0.6 is 0 Å². The number of hydrogen-bond acceptors (Lipinski definition) is 4. The monoisotopic (exact) mass is 819 g/mol. The molecule has 2 heterocycles. The number of para-hydroxylation sites is 1. The van der Waals surface area contributed by atoms with Crippen LogP contribution in [-0.2, 0) is 6.42 Å². The molecule has 0 N–H and O–H groups in total. The molecule has 12 rings (SSSR count). The minimum atomic E-state index is 0.766. The summed E-state index contributed by atoms with van der Waals surface area (Å²) < 4.78 is 6.65. The molecule has 64 heavy (non-hydrogen) atoms. The summed E-state index contributed by atoms with van der Waals surface area (Å²) in [6.07, 6.45) is 0.795. The number of benzene rings is 9. The van der Waals surface area contributed by atoms with Crippen molar-refractivity contribution in [2.45, 2.75) is 20.3 Å². The predicted molar refractivity (Wildman–Crippen MR) is 263 cm³/mol. The van der Waals surface area contributed by atoms with E-state index in [1.54, 1.807) is 0 Å². The molecule has 1 aliphatic rings. The lowest BCUT2D eigenvalue weighted by Crippen LogP contribution is -2.06. The SMILES string of the molecule is Cc1cc2c(c(-c3c(-c4cccc(-c5ccccc5-c5ccccc5)c4-c4ccccc4)nnnc3-c3c(-c4ccccc4)ccc4oc5ccccc5c34)c1C)Cc1ccccc1-2. The molecule has 0 aliphatic heterocycles. The van der Waals surface area contributed by atoms with E-state index in [2.05, 4.69) is 202 Å². The molecule has 4 nitrogen and oxygen atoms in total. The summed E-state index contributed by atoms with van der Waals surface area (Å²) in [5.41, 5.74) is 23.6. The molecule has 0 spiro atoms. The van der Waals surface area contributed by atoms with Crippen LogP contribution in [0.15, 0.2) is 205 Å². The number of fused-ring (bicyclic) bond motifs is 6. The molecule has 0 bridgehead atoms. The zero-order valence-electron chi connectivity index (χ0n) is 35.5. The van der Waals surface area contributed by atoms with E-state index < -0.39 is 0 Å². The van der Waals surface area contributed by atoms with Crippen LogP contribution in [0, 0.1) is 13.8 Å². The standard InChI is InChI=1S/C60H41N3O/c1-37-35-50-44-27-13-12-25-42(44)36-51(50)54(38(37)2)58-59(49-31-18-30-47(55(49)41-23-10-5-11-24-41)46-28-15-14-26-43(46)39-19-6-3-7-20-39)61-63-62-60(58)57-45(40-21-8-4-9-22-40)33-34-53-56(57)48-29-16-17-32-52(48)64-53/h3-35H,36H2,1-2H3. The Bertz CT molecular complexity index is 3590. The maximum atomic E-state index is 6.65. The van der Waals surface area contributed by atoms with Crippen molar-refractivity contribution in [2.75, 3.05) is 0 Å².